The second-order valence-electron chi connectivity index (χ2n) is 8.53. The van der Waals surface area contributed by atoms with Crippen molar-refractivity contribution in [3.05, 3.63) is 59.7 Å². The minimum atomic E-state index is -3.75. The van der Waals surface area contributed by atoms with Crippen molar-refractivity contribution in [2.75, 3.05) is 26.1 Å². The predicted octanol–water partition coefficient (Wildman–Crippen LogP) is 3.80. The van der Waals surface area contributed by atoms with E-state index in [-0.39, 0.29) is 33.4 Å². The zero-order valence-corrected chi connectivity index (χ0v) is 22.1. The van der Waals surface area contributed by atoms with Gasteiger partial charge in [-0.05, 0) is 41.8 Å². The van der Waals surface area contributed by atoms with Crippen molar-refractivity contribution in [1.82, 2.24) is 4.90 Å². The molecule has 1 amide bonds. The lowest BCUT2D eigenvalue weighted by atomic mass is 10.1. The first-order valence-corrected chi connectivity index (χ1v) is 13.8. The van der Waals surface area contributed by atoms with Crippen molar-refractivity contribution in [2.24, 2.45) is 15.3 Å². The van der Waals surface area contributed by atoms with Crippen LogP contribution in [0.5, 0.6) is 17.2 Å². The number of sulfone groups is 1. The van der Waals surface area contributed by atoms with Crippen LogP contribution in [0, 0.1) is 11.3 Å². The van der Waals surface area contributed by atoms with Crippen LogP contribution in [-0.2, 0) is 14.6 Å². The van der Waals surface area contributed by atoms with Gasteiger partial charge < -0.3 is 14.2 Å². The number of nitrogens with one attached hydrogen (secondary N) is 1. The molecule has 2 aliphatic heterocycles. The maximum Gasteiger partial charge on any atom is 0.283 e. The van der Waals surface area contributed by atoms with Crippen LogP contribution in [0.25, 0.3) is 6.08 Å². The van der Waals surface area contributed by atoms with Gasteiger partial charge in [0.1, 0.15) is 36.3 Å². The van der Waals surface area contributed by atoms with Crippen LogP contribution in [0.4, 0.5) is 0 Å². The van der Waals surface area contributed by atoms with Gasteiger partial charge in [0.05, 0.1) is 30.4 Å². The van der Waals surface area contributed by atoms with Crippen molar-refractivity contribution in [2.45, 2.75) is 13.8 Å². The molecule has 0 fully saturated rings. The van der Waals surface area contributed by atoms with Crippen LogP contribution >= 0.6 is 11.9 Å². The van der Waals surface area contributed by atoms with Crippen LogP contribution in [0.3, 0.4) is 0 Å². The fraction of sp³-hybridized carbons (Fsp3) is 0.280. The largest absolute Gasteiger partial charge is 0.497 e. The minimum Gasteiger partial charge on any atom is -0.497 e. The number of benzene rings is 2. The molecule has 37 heavy (non-hydrogen) atoms. The van der Waals surface area contributed by atoms with Gasteiger partial charge in [-0.25, -0.2) is 13.3 Å². The molecule has 1 N–H and O–H groups in total. The normalized spacial score (nSPS) is 16.5. The minimum absolute atomic E-state index is 0.0287. The number of hydrogen-bond donors (Lipinski definition) is 1. The van der Waals surface area contributed by atoms with Crippen LogP contribution in [0.15, 0.2) is 63.5 Å². The fourth-order valence-electron chi connectivity index (χ4n) is 3.55. The first-order chi connectivity index (χ1) is 17.7. The summed E-state index contributed by atoms with van der Waals surface area (Å²) in [4.78, 5) is 17.7. The number of amidine groups is 3. The lowest BCUT2D eigenvalue weighted by Gasteiger charge is -2.24. The molecule has 10 nitrogen and oxygen atoms in total. The Hall–Kier alpha value is -3.64. The van der Waals surface area contributed by atoms with Gasteiger partial charge in [0, 0.05) is 6.07 Å². The van der Waals surface area contributed by atoms with Crippen molar-refractivity contribution >= 4 is 49.9 Å². The summed E-state index contributed by atoms with van der Waals surface area (Å²) in [5.41, 5.74) is 0.598. The van der Waals surface area contributed by atoms with Gasteiger partial charge in [0.15, 0.2) is 0 Å². The first-order valence-electron chi connectivity index (χ1n) is 11.4. The molecule has 2 heterocycles. The van der Waals surface area contributed by atoms with E-state index in [9.17, 15) is 13.2 Å². The molecular formula is C25H26N4O6S2. The highest BCUT2D eigenvalue weighted by Gasteiger charge is 2.42. The Balaban J connectivity index is 1.40. The van der Waals surface area contributed by atoms with Crippen LogP contribution in [0.1, 0.15) is 19.4 Å². The Morgan fingerprint density at radius 1 is 1.05 bits per heavy atom. The second kappa shape index (κ2) is 11.2. The summed E-state index contributed by atoms with van der Waals surface area (Å²) in [6, 6.07) is 14.2. The van der Waals surface area contributed by atoms with Crippen LogP contribution in [-0.4, -0.2) is 61.5 Å². The molecule has 0 aromatic heterocycles. The maximum absolute atomic E-state index is 12.8. The van der Waals surface area contributed by atoms with Gasteiger partial charge in [-0.3, -0.25) is 10.2 Å². The standard InChI is InChI=1S/C25H26N4O6S2/c1-16(2)15-37(31,32)25-28-36-24-27-23(30)21(22(26)29(24)25)13-17-7-9-18(10-8-17)34-11-12-35-20-6-4-5-19(14-20)33-3/h4-10,13-14,16,26H,11-12,15H2,1-3H3/b21-13-,26-22?. The number of amides is 1. The lowest BCUT2D eigenvalue weighted by Crippen LogP contribution is -2.46. The molecule has 2 aliphatic rings. The summed E-state index contributed by atoms with van der Waals surface area (Å²) in [6.07, 6.45) is 1.50. The molecule has 0 saturated heterocycles. The maximum atomic E-state index is 12.8. The van der Waals surface area contributed by atoms with E-state index in [2.05, 4.69) is 9.39 Å². The average molecular weight is 543 g/mol. The summed E-state index contributed by atoms with van der Waals surface area (Å²) in [5.74, 6) is 0.839. The number of rotatable bonds is 9. The first kappa shape index (κ1) is 26.4. The number of carbonyl (C=O) groups excluding carboxylic acids is 1. The Morgan fingerprint density at radius 3 is 2.41 bits per heavy atom. The molecule has 194 valence electrons. The van der Waals surface area contributed by atoms with Gasteiger partial charge in [0.2, 0.25) is 20.2 Å². The molecule has 0 aliphatic carbocycles. The quantitative estimate of drug-likeness (QED) is 0.288. The highest BCUT2D eigenvalue weighted by Crippen LogP contribution is 2.30. The third-order valence-corrected chi connectivity index (χ3v) is 7.93. The van der Waals surface area contributed by atoms with E-state index in [4.69, 9.17) is 19.6 Å². The third kappa shape index (κ3) is 6.20. The number of carbonyl (C=O) groups is 1. The molecule has 4 rings (SSSR count). The molecular weight excluding hydrogens is 516 g/mol. The van der Waals surface area contributed by atoms with Gasteiger partial charge in [-0.15, -0.1) is 0 Å². The number of aliphatic imine (C=N–C) groups is 1. The molecule has 0 saturated carbocycles. The Labute approximate surface area is 219 Å². The van der Waals surface area contributed by atoms with E-state index in [1.165, 1.54) is 6.08 Å². The van der Waals surface area contributed by atoms with Gasteiger partial charge in [-0.2, -0.15) is 9.39 Å². The molecule has 2 aromatic rings. The summed E-state index contributed by atoms with van der Waals surface area (Å²) in [7, 11) is -2.16. The van der Waals surface area contributed by atoms with Crippen LogP contribution in [0.2, 0.25) is 0 Å². The number of nitrogens with zero attached hydrogens (tertiary/aromatic N) is 3. The highest BCUT2D eigenvalue weighted by atomic mass is 32.2. The molecule has 0 bridgehead atoms. The van der Waals surface area contributed by atoms with Gasteiger partial charge in [0.25, 0.3) is 5.91 Å². The van der Waals surface area contributed by atoms with Crippen molar-refractivity contribution < 1.29 is 27.4 Å². The fourth-order valence-corrected chi connectivity index (χ4v) is 6.28. The molecule has 0 spiro atoms. The van der Waals surface area contributed by atoms with E-state index in [1.807, 2.05) is 18.2 Å². The Bertz CT molecular complexity index is 1400. The molecule has 0 unspecified atom stereocenters. The summed E-state index contributed by atoms with van der Waals surface area (Å²) in [6.45, 7) is 4.22. The molecule has 0 atom stereocenters. The molecule has 0 radical (unpaired) electrons. The van der Waals surface area contributed by atoms with E-state index < -0.39 is 15.7 Å². The Morgan fingerprint density at radius 2 is 1.73 bits per heavy atom. The van der Waals surface area contributed by atoms with E-state index >= 15 is 0 Å². The average Bonchev–Trinajstić information content (AvgIpc) is 3.30. The predicted molar refractivity (Wildman–Crippen MR) is 144 cm³/mol. The third-order valence-electron chi connectivity index (χ3n) is 5.18. The summed E-state index contributed by atoms with van der Waals surface area (Å²) >= 11 is 0.779. The SMILES string of the molecule is COc1cccc(OCCOc2ccc(/C=C3/C(=N)N4C(=NC3=O)SN=C4S(=O)(=O)CC(C)C)cc2)c1. The van der Waals surface area contributed by atoms with E-state index in [0.717, 1.165) is 16.8 Å². The molecule has 12 heteroatoms. The molecule has 2 aromatic carbocycles. The van der Waals surface area contributed by atoms with E-state index in [1.54, 1.807) is 51.3 Å². The number of methoxy groups -OCH3 is 1. The number of hydrogen-bond acceptors (Lipinski definition) is 9. The second-order valence-corrected chi connectivity index (χ2v) is 11.2. The number of fused-ring (bicyclic) bond motifs is 1. The summed E-state index contributed by atoms with van der Waals surface area (Å²) < 4.78 is 46.1. The van der Waals surface area contributed by atoms with Crippen molar-refractivity contribution in [3.63, 3.8) is 0 Å². The van der Waals surface area contributed by atoms with E-state index in [0.29, 0.717) is 36.0 Å². The van der Waals surface area contributed by atoms with Crippen molar-refractivity contribution in [1.29, 1.82) is 5.41 Å². The zero-order valence-electron chi connectivity index (χ0n) is 20.5. The smallest absolute Gasteiger partial charge is 0.283 e. The van der Waals surface area contributed by atoms with Gasteiger partial charge >= 0.3 is 0 Å². The summed E-state index contributed by atoms with van der Waals surface area (Å²) in [5, 5.41) is 8.34. The van der Waals surface area contributed by atoms with Gasteiger partial charge in [-0.1, -0.05) is 32.0 Å². The number of ether oxygens (including phenoxy) is 3. The van der Waals surface area contributed by atoms with Crippen molar-refractivity contribution in [3.8, 4) is 17.2 Å². The highest BCUT2D eigenvalue weighted by molar-refractivity contribution is 8.16. The monoisotopic (exact) mass is 542 g/mol. The lowest BCUT2D eigenvalue weighted by molar-refractivity contribution is -0.114. The zero-order chi connectivity index (χ0) is 26.6. The van der Waals surface area contributed by atoms with Crippen LogP contribution < -0.4 is 14.2 Å². The Kier molecular flexibility index (Phi) is 7.98. The topological polar surface area (TPSA) is 131 Å².